The minimum atomic E-state index is -4.56. The molecule has 1 atom stereocenters. The van der Waals surface area contributed by atoms with E-state index < -0.39 is 23.4 Å². The van der Waals surface area contributed by atoms with E-state index in [0.717, 1.165) is 48.8 Å². The average molecular weight is 664 g/mol. The molecule has 2 aliphatic heterocycles. The van der Waals surface area contributed by atoms with Gasteiger partial charge in [-0.2, -0.15) is 13.2 Å². The Hall–Kier alpha value is -4.20. The number of likely N-dealkylation sites (N-methyl/N-ethyl adjacent to an activating group) is 1. The lowest BCUT2D eigenvalue weighted by Crippen LogP contribution is -2.45. The zero-order valence-corrected chi connectivity index (χ0v) is 27.1. The molecule has 5 heterocycles. The number of hydrogen-bond donors (Lipinski definition) is 3. The van der Waals surface area contributed by atoms with E-state index in [1.54, 1.807) is 29.4 Å². The topological polar surface area (TPSA) is 110 Å². The number of aliphatic hydroxyl groups is 1. The fraction of sp³-hybridized carbons (Fsp3) is 0.457. The lowest BCUT2D eigenvalue weighted by molar-refractivity contribution is -0.138. The van der Waals surface area contributed by atoms with Gasteiger partial charge in [-0.1, -0.05) is 19.9 Å². The Labute approximate surface area is 276 Å². The van der Waals surface area contributed by atoms with Gasteiger partial charge >= 0.3 is 12.2 Å². The lowest BCUT2D eigenvalue weighted by atomic mass is 9.92. The van der Waals surface area contributed by atoms with Gasteiger partial charge in [-0.05, 0) is 67.3 Å². The van der Waals surface area contributed by atoms with Crippen molar-refractivity contribution in [3.63, 3.8) is 0 Å². The summed E-state index contributed by atoms with van der Waals surface area (Å²) in [5.41, 5.74) is 1.73. The maximum absolute atomic E-state index is 14.2. The number of hydrogen-bond acceptors (Lipinski definition) is 7. The summed E-state index contributed by atoms with van der Waals surface area (Å²) in [5.74, 6) is 0.986. The monoisotopic (exact) mass is 663 g/mol. The largest absolute Gasteiger partial charge is 0.455 e. The van der Waals surface area contributed by atoms with Crippen molar-refractivity contribution in [3.8, 4) is 11.5 Å². The molecule has 13 heteroatoms. The van der Waals surface area contributed by atoms with Crippen LogP contribution in [0.1, 0.15) is 67.1 Å². The summed E-state index contributed by atoms with van der Waals surface area (Å²) in [5, 5.41) is 14.0. The number of halogens is 3. The highest BCUT2D eigenvalue weighted by molar-refractivity contribution is 5.90. The summed E-state index contributed by atoms with van der Waals surface area (Å²) >= 11 is 0. The van der Waals surface area contributed by atoms with Gasteiger partial charge < -0.3 is 29.9 Å². The first kappa shape index (κ1) is 32.4. The summed E-state index contributed by atoms with van der Waals surface area (Å²) in [7, 11) is 0. The number of urea groups is 1. The predicted octanol–water partition coefficient (Wildman–Crippen LogP) is 6.43. The maximum atomic E-state index is 14.2. The number of aromatic nitrogens is 3. The Bertz CT molecular complexity index is 1810. The number of carbonyl (C=O) groups excluding carboxylic acids is 1. The molecular weight excluding hydrogens is 623 g/mol. The molecule has 2 fully saturated rings. The minimum Gasteiger partial charge on any atom is -0.455 e. The fourth-order valence-electron chi connectivity index (χ4n) is 6.77. The van der Waals surface area contributed by atoms with Crippen LogP contribution >= 0.6 is 0 Å². The smallest absolute Gasteiger partial charge is 0.416 e. The quantitative estimate of drug-likeness (QED) is 0.199. The summed E-state index contributed by atoms with van der Waals surface area (Å²) < 4.78 is 48.9. The van der Waals surface area contributed by atoms with E-state index >= 15 is 0 Å². The Morgan fingerprint density at radius 1 is 1.08 bits per heavy atom. The minimum absolute atomic E-state index is 0.0472. The number of ether oxygens (including phenoxy) is 1. The van der Waals surface area contributed by atoms with Crippen molar-refractivity contribution < 1.29 is 27.8 Å². The third-order valence-electron chi connectivity index (χ3n) is 9.86. The molecule has 254 valence electrons. The van der Waals surface area contributed by atoms with E-state index in [0.29, 0.717) is 55.3 Å². The third kappa shape index (κ3) is 6.58. The number of pyridine rings is 2. The number of nitrogens with zero attached hydrogens (tertiary/aromatic N) is 5. The first-order valence-corrected chi connectivity index (χ1v) is 16.6. The van der Waals surface area contributed by atoms with Crippen LogP contribution in [0.5, 0.6) is 11.5 Å². The molecule has 2 amide bonds. The molecule has 3 N–H and O–H groups in total. The summed E-state index contributed by atoms with van der Waals surface area (Å²) in [6.07, 6.45) is 0.849. The molecular formula is C35H40F3N7O3. The number of amides is 2. The molecule has 0 radical (unpaired) electrons. The number of aromatic amines is 1. The predicted molar refractivity (Wildman–Crippen MR) is 175 cm³/mol. The Morgan fingerprint density at radius 2 is 1.85 bits per heavy atom. The van der Waals surface area contributed by atoms with Crippen LogP contribution in [0.2, 0.25) is 0 Å². The van der Waals surface area contributed by atoms with Crippen LogP contribution in [-0.4, -0.2) is 80.1 Å². The van der Waals surface area contributed by atoms with Crippen LogP contribution in [-0.2, 0) is 24.9 Å². The maximum Gasteiger partial charge on any atom is 0.416 e. The number of piperazine rings is 1. The normalized spacial score (nSPS) is 19.7. The van der Waals surface area contributed by atoms with Gasteiger partial charge in [0.15, 0.2) is 0 Å². The van der Waals surface area contributed by atoms with Gasteiger partial charge in [0.2, 0.25) is 0 Å². The van der Waals surface area contributed by atoms with Gasteiger partial charge in [0, 0.05) is 69.3 Å². The lowest BCUT2D eigenvalue weighted by Gasteiger charge is -2.34. The molecule has 4 aromatic rings. The molecule has 1 aromatic carbocycles. The van der Waals surface area contributed by atoms with Crippen LogP contribution < -0.4 is 10.1 Å². The first-order chi connectivity index (χ1) is 23.0. The van der Waals surface area contributed by atoms with Crippen molar-refractivity contribution in [1.82, 2.24) is 29.7 Å². The number of nitrogens with one attached hydrogen (secondary N) is 2. The van der Waals surface area contributed by atoms with Crippen LogP contribution in [0.25, 0.3) is 11.0 Å². The second-order valence-corrected chi connectivity index (χ2v) is 13.1. The Balaban J connectivity index is 1.07. The van der Waals surface area contributed by atoms with Gasteiger partial charge in [-0.15, -0.1) is 0 Å². The molecule has 48 heavy (non-hydrogen) atoms. The molecule has 1 aliphatic carbocycles. The highest BCUT2D eigenvalue weighted by Gasteiger charge is 2.44. The number of rotatable bonds is 8. The number of carbonyl (C=O) groups is 1. The Morgan fingerprint density at radius 3 is 2.56 bits per heavy atom. The molecule has 1 saturated heterocycles. The molecule has 7 rings (SSSR count). The molecule has 3 aromatic heterocycles. The van der Waals surface area contributed by atoms with Crippen LogP contribution in [0, 0.1) is 0 Å². The number of benzene rings is 1. The molecule has 1 saturated carbocycles. The van der Waals surface area contributed by atoms with E-state index in [-0.39, 0.29) is 30.3 Å². The van der Waals surface area contributed by atoms with Gasteiger partial charge in [-0.25, -0.2) is 9.78 Å². The highest BCUT2D eigenvalue weighted by Crippen LogP contribution is 2.46. The molecule has 10 nitrogen and oxygen atoms in total. The SMILES string of the molecule is CC[C@H]1CN(C(=O)Nc2ccc(CN3CCN(CC)CC3)c(C(F)(F)F)c2)Cc2cc(Oc3ccnc4[nH]c(C5(O)CC5)cc34)cnc21. The van der Waals surface area contributed by atoms with E-state index in [9.17, 15) is 23.1 Å². The van der Waals surface area contributed by atoms with E-state index in [2.05, 4.69) is 27.1 Å². The number of anilines is 1. The summed E-state index contributed by atoms with van der Waals surface area (Å²) in [6, 6.07) is 9.07. The summed E-state index contributed by atoms with van der Waals surface area (Å²) in [6.45, 7) is 8.94. The zero-order valence-electron chi connectivity index (χ0n) is 27.1. The van der Waals surface area contributed by atoms with Crippen molar-refractivity contribution in [2.75, 3.05) is 44.6 Å². The second kappa shape index (κ2) is 12.7. The van der Waals surface area contributed by atoms with Crippen LogP contribution in [0.3, 0.4) is 0 Å². The number of alkyl halides is 3. The fourth-order valence-corrected chi connectivity index (χ4v) is 6.77. The van der Waals surface area contributed by atoms with Crippen molar-refractivity contribution >= 4 is 22.8 Å². The van der Waals surface area contributed by atoms with Crippen molar-refractivity contribution in [2.45, 2.75) is 63.9 Å². The van der Waals surface area contributed by atoms with Gasteiger partial charge in [0.25, 0.3) is 0 Å². The third-order valence-corrected chi connectivity index (χ3v) is 9.86. The van der Waals surface area contributed by atoms with Crippen LogP contribution in [0.4, 0.5) is 23.7 Å². The standard InChI is InChI=1S/C35H40F3N7O3/c1-3-22-20-45(33(46)41-25-6-5-23(28(16-25)35(36,37)38)19-44-13-11-43(4-2)12-14-44)21-24-15-26(18-40-31(22)24)48-29-7-10-39-32-27(29)17-30(42-32)34(47)8-9-34/h5-7,10,15-18,22,47H,3-4,8-9,11-14,19-21H2,1-2H3,(H,39,42)(H,41,46)/t22-/m0/s1. The van der Waals surface area contributed by atoms with E-state index in [1.165, 1.54) is 6.07 Å². The van der Waals surface area contributed by atoms with Crippen molar-refractivity contribution in [1.29, 1.82) is 0 Å². The average Bonchev–Trinajstić information content (AvgIpc) is 3.66. The summed E-state index contributed by atoms with van der Waals surface area (Å²) in [4.78, 5) is 31.7. The molecule has 0 spiro atoms. The van der Waals surface area contributed by atoms with Gasteiger partial charge in [-0.3, -0.25) is 9.88 Å². The Kier molecular flexibility index (Phi) is 8.55. The number of H-pyrrole nitrogens is 1. The molecule has 3 aliphatic rings. The number of fused-ring (bicyclic) bond motifs is 2. The second-order valence-electron chi connectivity index (χ2n) is 13.1. The van der Waals surface area contributed by atoms with Crippen LogP contribution in [0.15, 0.2) is 48.8 Å². The van der Waals surface area contributed by atoms with Gasteiger partial charge in [0.1, 0.15) is 22.7 Å². The molecule has 0 bridgehead atoms. The zero-order chi connectivity index (χ0) is 33.6. The van der Waals surface area contributed by atoms with Crippen molar-refractivity contribution in [3.05, 3.63) is 76.9 Å². The molecule has 0 unspecified atom stereocenters. The van der Waals surface area contributed by atoms with Crippen molar-refractivity contribution in [2.24, 2.45) is 0 Å². The first-order valence-electron chi connectivity index (χ1n) is 16.6. The van der Waals surface area contributed by atoms with E-state index in [1.807, 2.05) is 24.0 Å². The highest BCUT2D eigenvalue weighted by atomic mass is 19.4. The van der Waals surface area contributed by atoms with E-state index in [4.69, 9.17) is 9.72 Å². The van der Waals surface area contributed by atoms with Gasteiger partial charge in [0.05, 0.1) is 22.8 Å².